The van der Waals surface area contributed by atoms with E-state index in [0.717, 1.165) is 0 Å². The number of benzene rings is 4. The van der Waals surface area contributed by atoms with Gasteiger partial charge in [0, 0.05) is 24.2 Å². The van der Waals surface area contributed by atoms with Crippen molar-refractivity contribution >= 4 is 33.3 Å². The molecule has 3 N–H and O–H groups in total. The van der Waals surface area contributed by atoms with Crippen molar-refractivity contribution in [2.75, 3.05) is 10.6 Å². The molecule has 0 heterocycles. The van der Waals surface area contributed by atoms with E-state index < -0.39 is 10.1 Å². The van der Waals surface area contributed by atoms with Gasteiger partial charge >= 0.3 is 0 Å². The number of rotatable bonds is 10. The molecular weight excluding hydrogens is 532 g/mol. The fraction of sp³-hybridized carbons (Fsp3) is 0.133. The Bertz CT molecular complexity index is 1600. The number of hydrogen-bond acceptors (Lipinski definition) is 6. The van der Waals surface area contributed by atoms with Gasteiger partial charge in [-0.05, 0) is 83.9 Å². The molecule has 0 radical (unpaired) electrons. The first-order valence-corrected chi connectivity index (χ1v) is 14.0. The summed E-state index contributed by atoms with van der Waals surface area (Å²) >= 11 is 0. The third kappa shape index (κ3) is 7.46. The lowest BCUT2D eigenvalue weighted by Gasteiger charge is -2.13. The predicted octanol–water partition coefficient (Wildman–Crippen LogP) is 6.88. The molecular formula is C30H28N2O7S. The van der Waals surface area contributed by atoms with Gasteiger partial charge in [0.2, 0.25) is 11.8 Å². The lowest BCUT2D eigenvalue weighted by Crippen LogP contribution is -2.09. The van der Waals surface area contributed by atoms with E-state index in [9.17, 15) is 22.6 Å². The van der Waals surface area contributed by atoms with Crippen LogP contribution in [0.2, 0.25) is 0 Å². The van der Waals surface area contributed by atoms with Gasteiger partial charge in [0.1, 0.15) is 27.9 Å². The van der Waals surface area contributed by atoms with Crippen LogP contribution in [-0.4, -0.2) is 24.8 Å². The molecule has 0 bridgehead atoms. The van der Waals surface area contributed by atoms with Gasteiger partial charge in [-0.2, -0.15) is 8.42 Å². The zero-order valence-corrected chi connectivity index (χ0v) is 22.7. The van der Waals surface area contributed by atoms with Crippen LogP contribution < -0.4 is 20.1 Å². The minimum absolute atomic E-state index is 0.0462. The third-order valence-corrected chi connectivity index (χ3v) is 6.67. The smallest absolute Gasteiger partial charge is 0.298 e. The summed E-state index contributed by atoms with van der Waals surface area (Å²) < 4.78 is 45.8. The molecule has 2 amide bonds. The van der Waals surface area contributed by atoms with Crippen molar-refractivity contribution in [2.45, 2.75) is 31.6 Å². The molecule has 206 valence electrons. The molecule has 0 spiro atoms. The second-order valence-electron chi connectivity index (χ2n) is 8.72. The highest BCUT2D eigenvalue weighted by Crippen LogP contribution is 2.34. The number of carbonyl (C=O) groups excluding carboxylic acids is 2. The maximum atomic E-state index is 12.2. The van der Waals surface area contributed by atoms with Gasteiger partial charge in [0.05, 0.1) is 0 Å². The fourth-order valence-corrected chi connectivity index (χ4v) is 4.30. The molecule has 4 aromatic rings. The first kappa shape index (κ1) is 28.3. The summed E-state index contributed by atoms with van der Waals surface area (Å²) in [6, 6.07) is 24.9. The van der Waals surface area contributed by atoms with E-state index in [-0.39, 0.29) is 22.5 Å². The van der Waals surface area contributed by atoms with Crippen molar-refractivity contribution in [3.63, 3.8) is 0 Å². The summed E-state index contributed by atoms with van der Waals surface area (Å²) in [4.78, 5) is 22.7. The Morgan fingerprint density at radius 1 is 0.650 bits per heavy atom. The summed E-state index contributed by atoms with van der Waals surface area (Å²) in [6.45, 7) is 3.52. The molecule has 40 heavy (non-hydrogen) atoms. The fourth-order valence-electron chi connectivity index (χ4n) is 3.66. The maximum Gasteiger partial charge on any atom is 0.298 e. The highest BCUT2D eigenvalue weighted by molar-refractivity contribution is 7.86. The van der Waals surface area contributed by atoms with Crippen LogP contribution >= 0.6 is 0 Å². The van der Waals surface area contributed by atoms with Gasteiger partial charge < -0.3 is 20.1 Å². The molecule has 4 aromatic carbocycles. The summed E-state index contributed by atoms with van der Waals surface area (Å²) in [5, 5.41) is 5.49. The van der Waals surface area contributed by atoms with Crippen LogP contribution in [0.1, 0.15) is 26.7 Å². The van der Waals surface area contributed by atoms with E-state index in [0.29, 0.717) is 52.6 Å². The van der Waals surface area contributed by atoms with E-state index in [4.69, 9.17) is 9.47 Å². The van der Waals surface area contributed by atoms with Crippen LogP contribution in [0, 0.1) is 0 Å². The minimum atomic E-state index is -4.61. The van der Waals surface area contributed by atoms with Crippen molar-refractivity contribution in [3.8, 4) is 34.1 Å². The van der Waals surface area contributed by atoms with Crippen molar-refractivity contribution in [1.29, 1.82) is 0 Å². The van der Waals surface area contributed by atoms with Crippen molar-refractivity contribution < 1.29 is 32.0 Å². The standard InChI is InChI=1S/C30H28N2O7S/c1-3-29(33)31-22-8-14-25(15-9-22)38-24-12-5-20(6-13-24)21-7-18-27(28(19-21)40(35,36)37)39-26-16-10-23(11-17-26)32-30(34)4-2/h5-19H,3-4H2,1-2H3,(H,31,33)(H,32,34)(H,35,36,37). The lowest BCUT2D eigenvalue weighted by molar-refractivity contribution is -0.116. The topological polar surface area (TPSA) is 131 Å². The maximum absolute atomic E-state index is 12.2. The van der Waals surface area contributed by atoms with Gasteiger partial charge in [0.15, 0.2) is 0 Å². The van der Waals surface area contributed by atoms with Crippen molar-refractivity contribution in [3.05, 3.63) is 91.0 Å². The zero-order valence-electron chi connectivity index (χ0n) is 21.9. The van der Waals surface area contributed by atoms with Crippen LogP contribution in [0.25, 0.3) is 11.1 Å². The Labute approximate surface area is 232 Å². The summed E-state index contributed by atoms with van der Waals surface area (Å²) in [6.07, 6.45) is 0.730. The SMILES string of the molecule is CCC(=O)Nc1ccc(Oc2ccc(-c3ccc(Oc4ccc(NC(=O)CC)cc4)c(S(=O)(=O)O)c3)cc2)cc1. The van der Waals surface area contributed by atoms with E-state index >= 15 is 0 Å². The molecule has 9 nitrogen and oxygen atoms in total. The Balaban J connectivity index is 1.49. The van der Waals surface area contributed by atoms with Gasteiger partial charge in [-0.15, -0.1) is 0 Å². The average Bonchev–Trinajstić information content (AvgIpc) is 2.95. The Kier molecular flexibility index (Phi) is 8.83. The largest absolute Gasteiger partial charge is 0.457 e. The molecule has 0 saturated carbocycles. The van der Waals surface area contributed by atoms with Gasteiger partial charge in [-0.3, -0.25) is 14.1 Å². The number of amides is 2. The number of carbonyl (C=O) groups is 2. The highest BCUT2D eigenvalue weighted by Gasteiger charge is 2.19. The third-order valence-electron chi connectivity index (χ3n) is 5.79. The average molecular weight is 561 g/mol. The lowest BCUT2D eigenvalue weighted by atomic mass is 10.1. The molecule has 0 aliphatic rings. The second-order valence-corrected chi connectivity index (χ2v) is 10.1. The van der Waals surface area contributed by atoms with Crippen molar-refractivity contribution in [2.24, 2.45) is 0 Å². The minimum Gasteiger partial charge on any atom is -0.457 e. The highest BCUT2D eigenvalue weighted by atomic mass is 32.2. The molecule has 0 atom stereocenters. The van der Waals surface area contributed by atoms with Crippen LogP contribution in [-0.2, 0) is 19.7 Å². The summed E-state index contributed by atoms with van der Waals surface area (Å²) in [5.74, 6) is 1.21. The normalized spacial score (nSPS) is 11.0. The van der Waals surface area contributed by atoms with Crippen LogP contribution in [0.15, 0.2) is 95.9 Å². The molecule has 4 rings (SSSR count). The van der Waals surface area contributed by atoms with Gasteiger partial charge in [0.25, 0.3) is 10.1 Å². The van der Waals surface area contributed by atoms with Crippen LogP contribution in [0.3, 0.4) is 0 Å². The Hall–Kier alpha value is -4.67. The summed E-state index contributed by atoms with van der Waals surface area (Å²) in [7, 11) is -4.61. The molecule has 0 fully saturated rings. The van der Waals surface area contributed by atoms with Gasteiger partial charge in [-0.1, -0.05) is 32.0 Å². The first-order valence-electron chi connectivity index (χ1n) is 12.5. The van der Waals surface area contributed by atoms with Crippen LogP contribution in [0.5, 0.6) is 23.0 Å². The number of hydrogen-bond donors (Lipinski definition) is 3. The quantitative estimate of drug-likeness (QED) is 0.180. The zero-order chi connectivity index (χ0) is 28.7. The molecule has 0 aliphatic carbocycles. The van der Waals surface area contributed by atoms with Crippen LogP contribution in [0.4, 0.5) is 11.4 Å². The molecule has 0 unspecified atom stereocenters. The number of ether oxygens (including phenoxy) is 2. The first-order chi connectivity index (χ1) is 19.1. The van der Waals surface area contributed by atoms with E-state index in [1.807, 2.05) is 0 Å². The van der Waals surface area contributed by atoms with Gasteiger partial charge in [-0.25, -0.2) is 0 Å². The van der Waals surface area contributed by atoms with E-state index in [1.54, 1.807) is 92.7 Å². The molecule has 0 saturated heterocycles. The van der Waals surface area contributed by atoms with E-state index in [2.05, 4.69) is 10.6 Å². The predicted molar refractivity (Wildman–Crippen MR) is 153 cm³/mol. The summed E-state index contributed by atoms with van der Waals surface area (Å²) in [5.41, 5.74) is 2.49. The Morgan fingerprint density at radius 2 is 1.07 bits per heavy atom. The Morgan fingerprint density at radius 3 is 1.52 bits per heavy atom. The van der Waals surface area contributed by atoms with Crippen molar-refractivity contribution in [1.82, 2.24) is 0 Å². The number of nitrogens with one attached hydrogen (secondary N) is 2. The molecule has 10 heteroatoms. The monoisotopic (exact) mass is 560 g/mol. The number of anilines is 2. The molecule has 0 aromatic heterocycles. The van der Waals surface area contributed by atoms with E-state index in [1.165, 1.54) is 12.1 Å². The second kappa shape index (κ2) is 12.5. The molecule has 0 aliphatic heterocycles.